The molecule has 0 atom stereocenters. The average molecular weight is 481 g/mol. The zero-order chi connectivity index (χ0) is 25.0. The molecule has 1 heterocycles. The van der Waals surface area contributed by atoms with E-state index >= 15 is 0 Å². The highest BCUT2D eigenvalue weighted by Crippen LogP contribution is 2.28. The van der Waals surface area contributed by atoms with Crippen molar-refractivity contribution in [3.05, 3.63) is 117 Å². The van der Waals surface area contributed by atoms with Crippen LogP contribution in [0.15, 0.2) is 94.6 Å². The van der Waals surface area contributed by atoms with E-state index in [-0.39, 0.29) is 12.3 Å². The number of hydrogen-bond acceptors (Lipinski definition) is 4. The van der Waals surface area contributed by atoms with Crippen LogP contribution in [0.1, 0.15) is 15.9 Å². The molecule has 1 aromatic heterocycles. The summed E-state index contributed by atoms with van der Waals surface area (Å²) in [4.78, 5) is 37.9. The topological polar surface area (TPSA) is 93.2 Å². The summed E-state index contributed by atoms with van der Waals surface area (Å²) in [6, 6.07) is 20.0. The van der Waals surface area contributed by atoms with Crippen LogP contribution in [0, 0.1) is 0 Å². The highest BCUT2D eigenvalue weighted by Gasteiger charge is 2.31. The maximum Gasteiger partial charge on any atom is 0.573 e. The van der Waals surface area contributed by atoms with Crippen molar-refractivity contribution < 1.29 is 22.7 Å². The number of hydrogen-bond donors (Lipinski definition) is 2. The number of anilines is 1. The average Bonchev–Trinajstić information content (AvgIpc) is 2.81. The number of benzene rings is 3. The lowest BCUT2D eigenvalue weighted by Gasteiger charge is -2.11. The van der Waals surface area contributed by atoms with E-state index in [0.29, 0.717) is 22.4 Å². The van der Waals surface area contributed by atoms with Crippen LogP contribution in [-0.2, 0) is 6.54 Å². The van der Waals surface area contributed by atoms with Gasteiger partial charge in [0, 0.05) is 23.5 Å². The molecular formula is C25H18F3N3O4. The van der Waals surface area contributed by atoms with Gasteiger partial charge in [-0.15, -0.1) is 13.2 Å². The number of H-pyrrole nitrogens is 1. The van der Waals surface area contributed by atoms with Crippen LogP contribution in [0.5, 0.6) is 5.75 Å². The molecule has 0 aliphatic heterocycles. The number of ether oxygens (including phenoxy) is 1. The Hall–Kier alpha value is -4.60. The first-order chi connectivity index (χ1) is 16.7. The van der Waals surface area contributed by atoms with Gasteiger partial charge in [0.15, 0.2) is 0 Å². The van der Waals surface area contributed by atoms with E-state index in [2.05, 4.69) is 15.0 Å². The minimum absolute atomic E-state index is 0.239. The van der Waals surface area contributed by atoms with Crippen LogP contribution in [0.4, 0.5) is 18.9 Å². The zero-order valence-electron chi connectivity index (χ0n) is 18.0. The quantitative estimate of drug-likeness (QED) is 0.427. The van der Waals surface area contributed by atoms with Crippen molar-refractivity contribution in [1.82, 2.24) is 9.55 Å². The fraction of sp³-hybridized carbons (Fsp3) is 0.0800. The van der Waals surface area contributed by atoms with Crippen LogP contribution in [0.25, 0.3) is 11.1 Å². The second-order valence-corrected chi connectivity index (χ2v) is 7.55. The molecular weight excluding hydrogens is 463 g/mol. The van der Waals surface area contributed by atoms with Gasteiger partial charge in [-0.3, -0.25) is 19.1 Å². The van der Waals surface area contributed by atoms with Crippen molar-refractivity contribution in [2.24, 2.45) is 0 Å². The summed E-state index contributed by atoms with van der Waals surface area (Å²) >= 11 is 0. The Bertz CT molecular complexity index is 1470. The van der Waals surface area contributed by atoms with Gasteiger partial charge < -0.3 is 10.1 Å². The lowest BCUT2D eigenvalue weighted by molar-refractivity contribution is -0.274. The molecule has 2 N–H and O–H groups in total. The first kappa shape index (κ1) is 23.6. The molecule has 0 saturated heterocycles. The van der Waals surface area contributed by atoms with E-state index in [1.54, 1.807) is 54.6 Å². The molecule has 0 bridgehead atoms. The van der Waals surface area contributed by atoms with E-state index in [1.807, 2.05) is 0 Å². The molecule has 0 saturated carbocycles. The van der Waals surface area contributed by atoms with E-state index in [0.717, 1.165) is 5.56 Å². The van der Waals surface area contributed by atoms with Crippen LogP contribution in [0.3, 0.4) is 0 Å². The Morgan fingerprint density at radius 1 is 0.914 bits per heavy atom. The number of amides is 1. The largest absolute Gasteiger partial charge is 0.573 e. The van der Waals surface area contributed by atoms with Gasteiger partial charge in [0.1, 0.15) is 5.75 Å². The van der Waals surface area contributed by atoms with Gasteiger partial charge in [0.05, 0.1) is 6.54 Å². The maximum absolute atomic E-state index is 12.7. The van der Waals surface area contributed by atoms with Crippen molar-refractivity contribution >= 4 is 11.6 Å². The smallest absolute Gasteiger partial charge is 0.406 e. The SMILES string of the molecule is O=C(Nc1ccc(Cn2ccc(=O)[nH]c2=O)cc1)c1cccc(-c2cccc(OC(F)(F)F)c2)c1. The fourth-order valence-corrected chi connectivity index (χ4v) is 3.37. The first-order valence-electron chi connectivity index (χ1n) is 10.3. The number of carbonyl (C=O) groups is 1. The van der Waals surface area contributed by atoms with Gasteiger partial charge in [-0.1, -0.05) is 36.4 Å². The summed E-state index contributed by atoms with van der Waals surface area (Å²) in [6.07, 6.45) is -3.40. The van der Waals surface area contributed by atoms with E-state index in [4.69, 9.17) is 0 Å². The number of halogens is 3. The number of nitrogens with zero attached hydrogens (tertiary/aromatic N) is 1. The predicted molar refractivity (Wildman–Crippen MR) is 123 cm³/mol. The van der Waals surface area contributed by atoms with E-state index in [1.165, 1.54) is 35.0 Å². The number of nitrogens with one attached hydrogen (secondary N) is 2. The van der Waals surface area contributed by atoms with E-state index in [9.17, 15) is 27.6 Å². The molecule has 10 heteroatoms. The Morgan fingerprint density at radius 3 is 2.29 bits per heavy atom. The monoisotopic (exact) mass is 481 g/mol. The van der Waals surface area contributed by atoms with Gasteiger partial charge in [0.2, 0.25) is 0 Å². The highest BCUT2D eigenvalue weighted by molar-refractivity contribution is 6.05. The lowest BCUT2D eigenvalue weighted by Crippen LogP contribution is -2.28. The van der Waals surface area contributed by atoms with Crippen molar-refractivity contribution in [2.75, 3.05) is 5.32 Å². The Morgan fingerprint density at radius 2 is 1.60 bits per heavy atom. The number of alkyl halides is 3. The van der Waals surface area contributed by atoms with Gasteiger partial charge in [-0.05, 0) is 53.1 Å². The molecule has 0 aliphatic rings. The van der Waals surface area contributed by atoms with Crippen molar-refractivity contribution in [3.8, 4) is 16.9 Å². The second kappa shape index (κ2) is 9.72. The normalized spacial score (nSPS) is 11.2. The molecule has 0 fully saturated rings. The number of aromatic amines is 1. The molecule has 3 aromatic carbocycles. The molecule has 7 nitrogen and oxygen atoms in total. The van der Waals surface area contributed by atoms with Crippen molar-refractivity contribution in [3.63, 3.8) is 0 Å². The molecule has 178 valence electrons. The molecule has 0 unspecified atom stereocenters. The summed E-state index contributed by atoms with van der Waals surface area (Å²) < 4.78 is 42.9. The molecule has 0 aliphatic carbocycles. The third-order valence-corrected chi connectivity index (χ3v) is 4.99. The van der Waals surface area contributed by atoms with Gasteiger partial charge in [-0.25, -0.2) is 4.79 Å². The Kier molecular flexibility index (Phi) is 6.54. The molecule has 4 rings (SSSR count). The second-order valence-electron chi connectivity index (χ2n) is 7.55. The first-order valence-corrected chi connectivity index (χ1v) is 10.3. The number of aromatic nitrogens is 2. The van der Waals surface area contributed by atoms with Gasteiger partial charge >= 0.3 is 12.1 Å². The summed E-state index contributed by atoms with van der Waals surface area (Å²) in [6.45, 7) is 0.239. The highest BCUT2D eigenvalue weighted by atomic mass is 19.4. The zero-order valence-corrected chi connectivity index (χ0v) is 18.0. The molecule has 0 radical (unpaired) electrons. The summed E-state index contributed by atoms with van der Waals surface area (Å²) in [5.41, 5.74) is 1.61. The van der Waals surface area contributed by atoms with Crippen LogP contribution >= 0.6 is 0 Å². The molecule has 35 heavy (non-hydrogen) atoms. The molecule has 1 amide bonds. The van der Waals surface area contributed by atoms with Crippen LogP contribution in [0.2, 0.25) is 0 Å². The summed E-state index contributed by atoms with van der Waals surface area (Å²) in [5.74, 6) is -0.756. The fourth-order valence-electron chi connectivity index (χ4n) is 3.37. The van der Waals surface area contributed by atoms with E-state index < -0.39 is 23.5 Å². The number of rotatable bonds is 6. The predicted octanol–water partition coefficient (Wildman–Crippen LogP) is 4.40. The van der Waals surface area contributed by atoms with Gasteiger partial charge in [0.25, 0.3) is 11.5 Å². The minimum Gasteiger partial charge on any atom is -0.406 e. The van der Waals surface area contributed by atoms with Crippen molar-refractivity contribution in [2.45, 2.75) is 12.9 Å². The van der Waals surface area contributed by atoms with Crippen LogP contribution < -0.4 is 21.3 Å². The lowest BCUT2D eigenvalue weighted by atomic mass is 10.0. The molecule has 0 spiro atoms. The third kappa shape index (κ3) is 6.26. The third-order valence-electron chi connectivity index (χ3n) is 4.99. The Labute approximate surface area is 196 Å². The maximum atomic E-state index is 12.7. The number of carbonyl (C=O) groups excluding carboxylic acids is 1. The Balaban J connectivity index is 1.46. The van der Waals surface area contributed by atoms with Crippen LogP contribution in [-0.4, -0.2) is 21.8 Å². The van der Waals surface area contributed by atoms with Gasteiger partial charge in [-0.2, -0.15) is 0 Å². The summed E-state index contributed by atoms with van der Waals surface area (Å²) in [5, 5.41) is 2.76. The minimum atomic E-state index is -4.80. The molecule has 4 aromatic rings. The standard InChI is InChI=1S/C25H18F3N3O4/c26-25(27,28)35-21-6-2-4-18(14-21)17-3-1-5-19(13-17)23(33)29-20-9-7-16(8-10-20)15-31-12-11-22(32)30-24(31)34/h1-14H,15H2,(H,29,33)(H,30,32,34). The summed E-state index contributed by atoms with van der Waals surface area (Å²) in [7, 11) is 0. The van der Waals surface area contributed by atoms with Crippen molar-refractivity contribution in [1.29, 1.82) is 0 Å².